The molecule has 0 fully saturated rings. The van der Waals surface area contributed by atoms with E-state index in [4.69, 9.17) is 10.2 Å². The lowest BCUT2D eigenvalue weighted by Crippen LogP contribution is -2.13. The van der Waals surface area contributed by atoms with Crippen molar-refractivity contribution in [3.05, 3.63) is 40.1 Å². The van der Waals surface area contributed by atoms with Crippen LogP contribution in [-0.2, 0) is 0 Å². The van der Waals surface area contributed by atoms with Gasteiger partial charge in [0.25, 0.3) is 0 Å². The van der Waals surface area contributed by atoms with Crippen LogP contribution in [0.2, 0.25) is 0 Å². The molecule has 1 heterocycles. The third-order valence-electron chi connectivity index (χ3n) is 2.28. The summed E-state index contributed by atoms with van der Waals surface area (Å²) in [7, 11) is 3.52. The van der Waals surface area contributed by atoms with Crippen LogP contribution in [0.25, 0.3) is 11.0 Å². The number of para-hydroxylation sites is 1. The van der Waals surface area contributed by atoms with E-state index < -0.39 is 0 Å². The predicted molar refractivity (Wildman–Crippen MR) is 68.2 cm³/mol. The van der Waals surface area contributed by atoms with Gasteiger partial charge < -0.3 is 15.2 Å². The van der Waals surface area contributed by atoms with Crippen molar-refractivity contribution >= 4 is 23.1 Å². The fraction of sp³-hybridized carbons (Fsp3) is 0.167. The smallest absolute Gasteiger partial charge is 0.203 e. The molecule has 0 bridgehead atoms. The van der Waals surface area contributed by atoms with E-state index in [1.54, 1.807) is 43.4 Å². The van der Waals surface area contributed by atoms with Crippen LogP contribution in [0.3, 0.4) is 0 Å². The highest BCUT2D eigenvalue weighted by atomic mass is 16.3. The largest absolute Gasteiger partial charge is 0.440 e. The van der Waals surface area contributed by atoms with Crippen molar-refractivity contribution in [1.29, 1.82) is 0 Å². The molecule has 2 aromatic rings. The Bertz CT molecular complexity index is 629. The molecular weight excluding hydrogens is 218 g/mol. The van der Waals surface area contributed by atoms with Gasteiger partial charge >= 0.3 is 0 Å². The molecule has 0 spiro atoms. The minimum Gasteiger partial charge on any atom is -0.440 e. The molecule has 0 radical (unpaired) electrons. The van der Waals surface area contributed by atoms with E-state index in [1.807, 2.05) is 0 Å². The summed E-state index contributed by atoms with van der Waals surface area (Å²) in [4.78, 5) is 12.1. The van der Waals surface area contributed by atoms with E-state index in [9.17, 15) is 4.79 Å². The van der Waals surface area contributed by atoms with Crippen LogP contribution in [-0.4, -0.2) is 25.3 Å². The fourth-order valence-corrected chi connectivity index (χ4v) is 1.47. The Balaban J connectivity index is 2.68. The van der Waals surface area contributed by atoms with Crippen LogP contribution in [0.4, 0.5) is 5.88 Å². The molecule has 0 unspecified atom stereocenters. The number of rotatable bonds is 2. The normalized spacial score (nSPS) is 11.2. The Hall–Kier alpha value is -2.30. The van der Waals surface area contributed by atoms with E-state index >= 15 is 0 Å². The lowest BCUT2D eigenvalue weighted by Gasteiger charge is -2.04. The molecule has 5 nitrogen and oxygen atoms in total. The van der Waals surface area contributed by atoms with Crippen LogP contribution in [0.5, 0.6) is 0 Å². The maximum atomic E-state index is 12.1. The Morgan fingerprint density at radius 3 is 2.76 bits per heavy atom. The van der Waals surface area contributed by atoms with Crippen LogP contribution in [0.15, 0.2) is 38.6 Å². The van der Waals surface area contributed by atoms with Crippen LogP contribution >= 0.6 is 0 Å². The van der Waals surface area contributed by atoms with Crippen molar-refractivity contribution in [2.45, 2.75) is 0 Å². The summed E-state index contributed by atoms with van der Waals surface area (Å²) in [5, 5.41) is 6.07. The molecule has 17 heavy (non-hydrogen) atoms. The second kappa shape index (κ2) is 4.29. The number of hydrogen-bond acceptors (Lipinski definition) is 5. The van der Waals surface area contributed by atoms with Gasteiger partial charge in [0.2, 0.25) is 11.3 Å². The minimum absolute atomic E-state index is 0.0827. The zero-order chi connectivity index (χ0) is 12.4. The van der Waals surface area contributed by atoms with Gasteiger partial charge in [-0.15, -0.1) is 0 Å². The minimum atomic E-state index is -0.171. The molecule has 1 aromatic carbocycles. The first-order chi connectivity index (χ1) is 8.09. The Morgan fingerprint density at radius 2 is 2.06 bits per heavy atom. The first kappa shape index (κ1) is 11.2. The van der Waals surface area contributed by atoms with Gasteiger partial charge in [-0.2, -0.15) is 5.10 Å². The quantitative estimate of drug-likeness (QED) is 0.624. The molecule has 88 valence electrons. The van der Waals surface area contributed by atoms with Crippen molar-refractivity contribution in [2.75, 3.05) is 19.8 Å². The van der Waals surface area contributed by atoms with Gasteiger partial charge in [-0.25, -0.2) is 0 Å². The summed E-state index contributed by atoms with van der Waals surface area (Å²) >= 11 is 0. The van der Waals surface area contributed by atoms with E-state index in [-0.39, 0.29) is 16.9 Å². The molecule has 0 amide bonds. The van der Waals surface area contributed by atoms with E-state index in [0.717, 1.165) is 0 Å². The highest BCUT2D eigenvalue weighted by molar-refractivity contribution is 5.90. The fourth-order valence-electron chi connectivity index (χ4n) is 1.47. The van der Waals surface area contributed by atoms with Crippen molar-refractivity contribution in [3.63, 3.8) is 0 Å². The van der Waals surface area contributed by atoms with Crippen LogP contribution in [0.1, 0.15) is 5.56 Å². The SMILES string of the molecule is CN(C)/N=C/c1c(N)oc2ccccc2c1=O. The molecule has 0 aliphatic heterocycles. The standard InChI is InChI=1S/C12H13N3O2/c1-15(2)14-7-9-11(16)8-5-3-4-6-10(8)17-12(9)13/h3-7H,13H2,1-2H3/b14-7+. The number of hydrogen-bond donors (Lipinski definition) is 1. The Kier molecular flexibility index (Phi) is 2.82. The van der Waals surface area contributed by atoms with Gasteiger partial charge in [-0.1, -0.05) is 12.1 Å². The van der Waals surface area contributed by atoms with Gasteiger partial charge in [0.1, 0.15) is 11.1 Å². The zero-order valence-electron chi connectivity index (χ0n) is 9.68. The summed E-state index contributed by atoms with van der Waals surface area (Å²) in [6.07, 6.45) is 1.41. The number of benzene rings is 1. The molecule has 2 N–H and O–H groups in total. The topological polar surface area (TPSA) is 71.8 Å². The summed E-state index contributed by atoms with van der Waals surface area (Å²) < 4.78 is 5.37. The van der Waals surface area contributed by atoms with Gasteiger partial charge in [0.05, 0.1) is 11.6 Å². The van der Waals surface area contributed by atoms with E-state index in [1.165, 1.54) is 6.21 Å². The van der Waals surface area contributed by atoms with Crippen LogP contribution in [0, 0.1) is 0 Å². The first-order valence-electron chi connectivity index (χ1n) is 5.12. The number of anilines is 1. The molecular formula is C12H13N3O2. The summed E-state index contributed by atoms with van der Waals surface area (Å²) in [6, 6.07) is 6.98. The van der Waals surface area contributed by atoms with Gasteiger partial charge in [-0.05, 0) is 12.1 Å². The number of nitrogen functional groups attached to an aromatic ring is 1. The Labute approximate surface area is 98.1 Å². The number of fused-ring (bicyclic) bond motifs is 1. The molecule has 0 saturated carbocycles. The molecule has 1 aromatic heterocycles. The summed E-state index contributed by atoms with van der Waals surface area (Å²) in [5.74, 6) is 0.0827. The summed E-state index contributed by atoms with van der Waals surface area (Å²) in [6.45, 7) is 0. The van der Waals surface area contributed by atoms with Gasteiger partial charge in [0.15, 0.2) is 0 Å². The Morgan fingerprint density at radius 1 is 1.35 bits per heavy atom. The first-order valence-corrected chi connectivity index (χ1v) is 5.12. The predicted octanol–water partition coefficient (Wildman–Crippen LogP) is 1.27. The van der Waals surface area contributed by atoms with Crippen molar-refractivity contribution in [1.82, 2.24) is 5.01 Å². The maximum Gasteiger partial charge on any atom is 0.203 e. The second-order valence-corrected chi connectivity index (χ2v) is 3.80. The van der Waals surface area contributed by atoms with E-state index in [2.05, 4.69) is 5.10 Å². The second-order valence-electron chi connectivity index (χ2n) is 3.80. The zero-order valence-corrected chi connectivity index (χ0v) is 9.68. The highest BCUT2D eigenvalue weighted by Gasteiger charge is 2.09. The highest BCUT2D eigenvalue weighted by Crippen LogP contribution is 2.15. The van der Waals surface area contributed by atoms with Crippen LogP contribution < -0.4 is 11.2 Å². The molecule has 5 heteroatoms. The molecule has 0 atom stereocenters. The van der Waals surface area contributed by atoms with Gasteiger partial charge in [-0.3, -0.25) is 4.79 Å². The lowest BCUT2D eigenvalue weighted by molar-refractivity contribution is 0.440. The lowest BCUT2D eigenvalue weighted by atomic mass is 10.2. The number of hydrazone groups is 1. The third kappa shape index (κ3) is 2.13. The molecule has 0 saturated heterocycles. The van der Waals surface area contributed by atoms with Gasteiger partial charge in [0, 0.05) is 14.1 Å². The molecule has 0 aliphatic carbocycles. The monoisotopic (exact) mass is 231 g/mol. The average Bonchev–Trinajstić information content (AvgIpc) is 2.28. The third-order valence-corrected chi connectivity index (χ3v) is 2.28. The van der Waals surface area contributed by atoms with Crippen molar-refractivity contribution in [3.8, 4) is 0 Å². The maximum absolute atomic E-state index is 12.1. The number of nitrogens with two attached hydrogens (primary N) is 1. The number of nitrogens with zero attached hydrogens (tertiary/aromatic N) is 2. The van der Waals surface area contributed by atoms with E-state index in [0.29, 0.717) is 11.0 Å². The average molecular weight is 231 g/mol. The molecule has 2 rings (SSSR count). The van der Waals surface area contributed by atoms with Crippen molar-refractivity contribution < 1.29 is 4.42 Å². The summed E-state index contributed by atoms with van der Waals surface area (Å²) in [5.41, 5.74) is 6.28. The molecule has 0 aliphatic rings. The van der Waals surface area contributed by atoms with Crippen molar-refractivity contribution in [2.24, 2.45) is 5.10 Å².